The maximum Gasteiger partial charge on any atom is 0.255 e. The molecule has 0 saturated heterocycles. The predicted octanol–water partition coefficient (Wildman–Crippen LogP) is 4.55. The molecule has 0 fully saturated rings. The van der Waals surface area contributed by atoms with Gasteiger partial charge in [-0.1, -0.05) is 29.8 Å². The molecule has 1 N–H and O–H groups in total. The Hall–Kier alpha value is -2.74. The minimum Gasteiger partial charge on any atom is -0.322 e. The van der Waals surface area contributed by atoms with Crippen molar-refractivity contribution in [1.29, 1.82) is 0 Å². The monoisotopic (exact) mass is 432 g/mol. The van der Waals surface area contributed by atoms with Crippen LogP contribution in [0, 0.1) is 5.82 Å². The molecule has 0 radical (unpaired) electrons. The minimum atomic E-state index is -3.67. The van der Waals surface area contributed by atoms with Crippen LogP contribution >= 0.6 is 11.6 Å². The standard InChI is InChI=1S/C21H18ClFN2O3S/c1-25(29(27,28)20-11-9-17(22)10-12-20)14-15-5-7-16(8-6-15)21(26)24-19-4-2-3-18(23)13-19/h2-13H,14H2,1H3,(H,24,26). The van der Waals surface area contributed by atoms with E-state index in [1.807, 2.05) is 0 Å². The van der Waals surface area contributed by atoms with E-state index in [0.29, 0.717) is 21.8 Å². The van der Waals surface area contributed by atoms with E-state index in [1.54, 1.807) is 30.3 Å². The van der Waals surface area contributed by atoms with Crippen LogP contribution in [0.4, 0.5) is 10.1 Å². The van der Waals surface area contributed by atoms with Crippen molar-refractivity contribution in [2.75, 3.05) is 12.4 Å². The summed E-state index contributed by atoms with van der Waals surface area (Å²) in [5, 5.41) is 3.07. The first-order chi connectivity index (χ1) is 13.8. The molecule has 0 spiro atoms. The molecule has 0 aliphatic heterocycles. The summed E-state index contributed by atoms with van der Waals surface area (Å²) in [6.45, 7) is 0.136. The van der Waals surface area contributed by atoms with E-state index < -0.39 is 15.8 Å². The third kappa shape index (κ3) is 5.20. The Morgan fingerprint density at radius 2 is 1.69 bits per heavy atom. The molecular formula is C21H18ClFN2O3S. The number of carbonyl (C=O) groups is 1. The summed E-state index contributed by atoms with van der Waals surface area (Å²) in [5.74, 6) is -0.827. The van der Waals surface area contributed by atoms with Gasteiger partial charge >= 0.3 is 0 Å². The molecule has 8 heteroatoms. The van der Waals surface area contributed by atoms with Crippen LogP contribution in [-0.2, 0) is 16.6 Å². The second-order valence-electron chi connectivity index (χ2n) is 6.38. The number of sulfonamides is 1. The normalized spacial score (nSPS) is 11.4. The van der Waals surface area contributed by atoms with Gasteiger partial charge in [-0.25, -0.2) is 12.8 Å². The van der Waals surface area contributed by atoms with Gasteiger partial charge in [0.25, 0.3) is 5.91 Å². The first-order valence-corrected chi connectivity index (χ1v) is 10.5. The number of hydrogen-bond acceptors (Lipinski definition) is 3. The summed E-state index contributed by atoms with van der Waals surface area (Å²) in [6, 6.07) is 18.1. The van der Waals surface area contributed by atoms with Crippen LogP contribution in [0.1, 0.15) is 15.9 Å². The fourth-order valence-electron chi connectivity index (χ4n) is 2.66. The van der Waals surface area contributed by atoms with Crippen LogP contribution in [-0.4, -0.2) is 25.7 Å². The molecule has 0 atom stereocenters. The molecule has 0 aliphatic rings. The number of anilines is 1. The quantitative estimate of drug-likeness (QED) is 0.621. The largest absolute Gasteiger partial charge is 0.322 e. The Labute approximate surface area is 173 Å². The zero-order chi connectivity index (χ0) is 21.0. The maximum absolute atomic E-state index is 13.2. The molecule has 0 bridgehead atoms. The molecule has 0 heterocycles. The maximum atomic E-state index is 13.2. The van der Waals surface area contributed by atoms with Gasteiger partial charge in [0.2, 0.25) is 10.0 Å². The SMILES string of the molecule is CN(Cc1ccc(C(=O)Nc2cccc(F)c2)cc1)S(=O)(=O)c1ccc(Cl)cc1. The molecule has 0 saturated carbocycles. The highest BCUT2D eigenvalue weighted by Crippen LogP contribution is 2.19. The number of carbonyl (C=O) groups excluding carboxylic acids is 1. The van der Waals surface area contributed by atoms with Crippen molar-refractivity contribution in [3.05, 3.63) is 94.8 Å². The molecule has 5 nitrogen and oxygen atoms in total. The van der Waals surface area contributed by atoms with Crippen LogP contribution in [0.15, 0.2) is 77.7 Å². The lowest BCUT2D eigenvalue weighted by Crippen LogP contribution is -2.26. The minimum absolute atomic E-state index is 0.136. The highest BCUT2D eigenvalue weighted by atomic mass is 35.5. The van der Waals surface area contributed by atoms with Gasteiger partial charge in [0, 0.05) is 29.9 Å². The number of halogens is 2. The zero-order valence-electron chi connectivity index (χ0n) is 15.5. The van der Waals surface area contributed by atoms with Gasteiger partial charge in [0.15, 0.2) is 0 Å². The number of amides is 1. The Balaban J connectivity index is 1.68. The lowest BCUT2D eigenvalue weighted by atomic mass is 10.1. The summed E-state index contributed by atoms with van der Waals surface area (Å²) >= 11 is 5.81. The molecule has 0 unspecified atom stereocenters. The van der Waals surface area contributed by atoms with Gasteiger partial charge in [-0.3, -0.25) is 4.79 Å². The Morgan fingerprint density at radius 3 is 2.31 bits per heavy atom. The van der Waals surface area contributed by atoms with Crippen molar-refractivity contribution >= 4 is 33.2 Å². The Morgan fingerprint density at radius 1 is 1.03 bits per heavy atom. The van der Waals surface area contributed by atoms with Gasteiger partial charge in [0.1, 0.15) is 5.82 Å². The summed E-state index contributed by atoms with van der Waals surface area (Å²) < 4.78 is 39.7. The van der Waals surface area contributed by atoms with Crippen molar-refractivity contribution < 1.29 is 17.6 Å². The molecule has 150 valence electrons. The molecular weight excluding hydrogens is 415 g/mol. The lowest BCUT2D eigenvalue weighted by molar-refractivity contribution is 0.102. The molecule has 3 aromatic carbocycles. The second kappa shape index (κ2) is 8.73. The number of nitrogens with one attached hydrogen (secondary N) is 1. The number of benzene rings is 3. The van der Waals surface area contributed by atoms with Crippen molar-refractivity contribution in [1.82, 2.24) is 4.31 Å². The van der Waals surface area contributed by atoms with Gasteiger partial charge in [-0.15, -0.1) is 0 Å². The van der Waals surface area contributed by atoms with Crippen LogP contribution in [0.5, 0.6) is 0 Å². The van der Waals surface area contributed by atoms with Crippen LogP contribution in [0.25, 0.3) is 0 Å². The van der Waals surface area contributed by atoms with E-state index in [-0.39, 0.29) is 17.3 Å². The number of rotatable bonds is 6. The summed E-state index contributed by atoms with van der Waals surface area (Å²) in [7, 11) is -2.18. The molecule has 3 rings (SSSR count). The van der Waals surface area contributed by atoms with Crippen LogP contribution in [0.2, 0.25) is 5.02 Å². The number of nitrogens with zero attached hydrogens (tertiary/aromatic N) is 1. The van der Waals surface area contributed by atoms with E-state index >= 15 is 0 Å². The zero-order valence-corrected chi connectivity index (χ0v) is 17.0. The fourth-order valence-corrected chi connectivity index (χ4v) is 3.94. The third-order valence-electron chi connectivity index (χ3n) is 4.23. The molecule has 29 heavy (non-hydrogen) atoms. The highest BCUT2D eigenvalue weighted by molar-refractivity contribution is 7.89. The van der Waals surface area contributed by atoms with Gasteiger partial charge < -0.3 is 5.32 Å². The predicted molar refractivity (Wildman–Crippen MR) is 111 cm³/mol. The van der Waals surface area contributed by atoms with E-state index in [1.165, 1.54) is 53.8 Å². The van der Waals surface area contributed by atoms with Gasteiger partial charge in [-0.05, 0) is 60.2 Å². The summed E-state index contributed by atoms with van der Waals surface area (Å²) in [4.78, 5) is 12.4. The lowest BCUT2D eigenvalue weighted by Gasteiger charge is -2.17. The molecule has 3 aromatic rings. The molecule has 0 aliphatic carbocycles. The topological polar surface area (TPSA) is 66.5 Å². The van der Waals surface area contributed by atoms with E-state index in [2.05, 4.69) is 5.32 Å². The fraction of sp³-hybridized carbons (Fsp3) is 0.0952. The molecule has 0 aromatic heterocycles. The van der Waals surface area contributed by atoms with Crippen molar-refractivity contribution in [3.63, 3.8) is 0 Å². The molecule has 1 amide bonds. The van der Waals surface area contributed by atoms with E-state index in [0.717, 1.165) is 0 Å². The second-order valence-corrected chi connectivity index (χ2v) is 8.86. The Kier molecular flexibility index (Phi) is 6.32. The first kappa shape index (κ1) is 21.0. The van der Waals surface area contributed by atoms with Crippen molar-refractivity contribution in [2.24, 2.45) is 0 Å². The average Bonchev–Trinajstić information content (AvgIpc) is 2.69. The summed E-state index contributed by atoms with van der Waals surface area (Å²) in [6.07, 6.45) is 0. The van der Waals surface area contributed by atoms with Crippen LogP contribution < -0.4 is 5.32 Å². The third-order valence-corrected chi connectivity index (χ3v) is 6.30. The smallest absolute Gasteiger partial charge is 0.255 e. The van der Waals surface area contributed by atoms with E-state index in [4.69, 9.17) is 11.6 Å². The van der Waals surface area contributed by atoms with Gasteiger partial charge in [-0.2, -0.15) is 4.31 Å². The Bertz CT molecular complexity index is 1120. The number of hydrogen-bond donors (Lipinski definition) is 1. The summed E-state index contributed by atoms with van der Waals surface area (Å²) in [5.41, 5.74) is 1.45. The van der Waals surface area contributed by atoms with E-state index in [9.17, 15) is 17.6 Å². The highest BCUT2D eigenvalue weighted by Gasteiger charge is 2.21. The van der Waals surface area contributed by atoms with Crippen molar-refractivity contribution in [2.45, 2.75) is 11.4 Å². The first-order valence-electron chi connectivity index (χ1n) is 8.63. The van der Waals surface area contributed by atoms with Crippen LogP contribution in [0.3, 0.4) is 0 Å². The van der Waals surface area contributed by atoms with Gasteiger partial charge in [0.05, 0.1) is 4.90 Å². The van der Waals surface area contributed by atoms with Crippen molar-refractivity contribution in [3.8, 4) is 0 Å². The average molecular weight is 433 g/mol.